The van der Waals surface area contributed by atoms with Crippen molar-refractivity contribution in [1.29, 1.82) is 0 Å². The van der Waals surface area contributed by atoms with Crippen LogP contribution in [-0.2, 0) is 40.0 Å². The first-order valence-electron chi connectivity index (χ1n) is 15.5. The summed E-state index contributed by atoms with van der Waals surface area (Å²) >= 11 is 0. The molecule has 0 aromatic heterocycles. The highest BCUT2D eigenvalue weighted by Crippen LogP contribution is 2.20. The van der Waals surface area contributed by atoms with Gasteiger partial charge in [-0.1, -0.05) is 12.1 Å². The zero-order chi connectivity index (χ0) is 35.5. The van der Waals surface area contributed by atoms with Crippen molar-refractivity contribution in [1.82, 2.24) is 31.5 Å². The zero-order valence-electron chi connectivity index (χ0n) is 26.3. The number of carboxylic acids is 2. The molecule has 0 saturated carbocycles. The number of aliphatic hydroxyl groups excluding tert-OH is 2. The van der Waals surface area contributed by atoms with Gasteiger partial charge in [0.25, 0.3) is 0 Å². The van der Waals surface area contributed by atoms with Gasteiger partial charge in [0.05, 0.1) is 25.2 Å². The van der Waals surface area contributed by atoms with Crippen LogP contribution in [0.4, 0.5) is 0 Å². The summed E-state index contributed by atoms with van der Waals surface area (Å²) in [6, 6.07) is -2.50. The fraction of sp³-hybridized carbons (Fsp3) is 0.567. The Kier molecular flexibility index (Phi) is 13.6. The molecule has 2 aliphatic heterocycles. The fourth-order valence-corrected chi connectivity index (χ4v) is 5.51. The van der Waals surface area contributed by atoms with Crippen LogP contribution in [0.3, 0.4) is 0 Å². The minimum atomic E-state index is -1.70. The quantitative estimate of drug-likeness (QED) is 0.0815. The van der Waals surface area contributed by atoms with Crippen LogP contribution in [0.5, 0.6) is 5.75 Å². The third-order valence-electron chi connectivity index (χ3n) is 8.08. The number of aliphatic carboxylic acids is 2. The van der Waals surface area contributed by atoms with E-state index >= 15 is 0 Å². The van der Waals surface area contributed by atoms with Crippen LogP contribution < -0.4 is 26.6 Å². The molecule has 5 amide bonds. The second kappa shape index (κ2) is 17.4. The van der Waals surface area contributed by atoms with E-state index in [0.717, 1.165) is 11.3 Å². The first-order chi connectivity index (χ1) is 22.7. The van der Waals surface area contributed by atoms with E-state index in [0.29, 0.717) is 24.9 Å². The average molecular weight is 679 g/mol. The minimum Gasteiger partial charge on any atom is -0.508 e. The average Bonchev–Trinajstić information content (AvgIpc) is 3.75. The van der Waals surface area contributed by atoms with Gasteiger partial charge in [0.2, 0.25) is 29.5 Å². The van der Waals surface area contributed by atoms with Gasteiger partial charge < -0.3 is 57.0 Å². The topological polar surface area (TPSA) is 284 Å². The lowest BCUT2D eigenvalue weighted by atomic mass is 10.1. The van der Waals surface area contributed by atoms with Crippen LogP contribution in [0.15, 0.2) is 24.3 Å². The molecule has 7 atom stereocenters. The molecule has 18 heteroatoms. The molecule has 2 fully saturated rings. The Hall–Kier alpha value is -4.81. The summed E-state index contributed by atoms with van der Waals surface area (Å²) in [4.78, 5) is 89.9. The minimum absolute atomic E-state index is 0.0173. The van der Waals surface area contributed by atoms with Gasteiger partial charge in [-0.15, -0.1) is 0 Å². The SMILES string of the molecule is C[C@@H](O)[C@H](NC(=O)[C@@H]1CCCN1)C(=O)N[C@@H](CC(=O)O)C(=O)N1CCC[C@H]1C(=O)N[C@@H](CO)C(=O)N[C@@H](Cc1ccc(O)cc1)C(=O)O. The van der Waals surface area contributed by atoms with E-state index in [-0.39, 0.29) is 25.1 Å². The van der Waals surface area contributed by atoms with Crippen molar-refractivity contribution < 1.29 is 59.1 Å². The normalized spacial score (nSPS) is 20.4. The lowest BCUT2D eigenvalue weighted by Gasteiger charge is -2.30. The monoisotopic (exact) mass is 678 g/mol. The predicted octanol–water partition coefficient (Wildman–Crippen LogP) is -3.45. The number of aliphatic hydroxyl groups is 2. The molecule has 18 nitrogen and oxygen atoms in total. The van der Waals surface area contributed by atoms with Crippen molar-refractivity contribution in [3.63, 3.8) is 0 Å². The van der Waals surface area contributed by atoms with Gasteiger partial charge >= 0.3 is 11.9 Å². The summed E-state index contributed by atoms with van der Waals surface area (Å²) in [7, 11) is 0. The number of rotatable bonds is 16. The van der Waals surface area contributed by atoms with Crippen LogP contribution in [0.1, 0.15) is 44.6 Å². The van der Waals surface area contributed by atoms with Gasteiger partial charge in [0.15, 0.2) is 0 Å². The van der Waals surface area contributed by atoms with Gasteiger partial charge in [0.1, 0.15) is 36.0 Å². The molecule has 264 valence electrons. The van der Waals surface area contributed by atoms with Gasteiger partial charge in [-0.2, -0.15) is 0 Å². The molecule has 2 aliphatic rings. The Morgan fingerprint density at radius 2 is 1.54 bits per heavy atom. The maximum Gasteiger partial charge on any atom is 0.326 e. The standard InChI is InChI=1S/C30H42N6O12/c1-15(38)24(35-25(42)18-4-2-10-31-18)28(45)32-19(13-23(40)41)29(46)36-11-3-5-22(36)27(44)34-21(14-37)26(43)33-20(30(47)48)12-16-6-8-17(39)9-7-16/h6-9,15,18-22,24,31,37-39H,2-5,10-14H2,1H3,(H,32,45)(H,33,43)(H,34,44)(H,35,42)(H,40,41)(H,47,48)/t15-,18+,19+,20+,21+,22+,24+/m1/s1. The van der Waals surface area contributed by atoms with Crippen LogP contribution in [0, 0.1) is 0 Å². The molecular formula is C30H42N6O12. The molecule has 0 aliphatic carbocycles. The number of hydrogen-bond acceptors (Lipinski definition) is 11. The molecule has 0 unspecified atom stereocenters. The predicted molar refractivity (Wildman–Crippen MR) is 164 cm³/mol. The Balaban J connectivity index is 1.68. The maximum atomic E-state index is 13.6. The van der Waals surface area contributed by atoms with Crippen molar-refractivity contribution in [2.24, 2.45) is 0 Å². The molecule has 2 saturated heterocycles. The second-order valence-corrected chi connectivity index (χ2v) is 11.7. The number of carbonyl (C=O) groups is 7. The van der Waals surface area contributed by atoms with Crippen LogP contribution in [-0.4, -0.2) is 134 Å². The van der Waals surface area contributed by atoms with E-state index in [4.69, 9.17) is 0 Å². The molecule has 0 spiro atoms. The fourth-order valence-electron chi connectivity index (χ4n) is 5.51. The van der Waals surface area contributed by atoms with Crippen LogP contribution in [0.25, 0.3) is 0 Å². The van der Waals surface area contributed by atoms with Gasteiger partial charge in [0, 0.05) is 13.0 Å². The number of hydrogen-bond donors (Lipinski definition) is 10. The van der Waals surface area contributed by atoms with Crippen molar-refractivity contribution in [3.05, 3.63) is 29.8 Å². The number of phenols is 1. The van der Waals surface area contributed by atoms with E-state index in [2.05, 4.69) is 26.6 Å². The third-order valence-corrected chi connectivity index (χ3v) is 8.08. The highest BCUT2D eigenvalue weighted by molar-refractivity contribution is 5.98. The van der Waals surface area contributed by atoms with Crippen molar-refractivity contribution >= 4 is 41.5 Å². The Morgan fingerprint density at radius 3 is 2.10 bits per heavy atom. The van der Waals surface area contributed by atoms with E-state index in [1.165, 1.54) is 31.2 Å². The molecule has 0 radical (unpaired) electrons. The van der Waals surface area contributed by atoms with E-state index in [9.17, 15) is 59.1 Å². The highest BCUT2D eigenvalue weighted by Gasteiger charge is 2.41. The molecular weight excluding hydrogens is 636 g/mol. The largest absolute Gasteiger partial charge is 0.508 e. The number of carbonyl (C=O) groups excluding carboxylic acids is 5. The molecule has 0 bridgehead atoms. The number of benzene rings is 1. The van der Waals surface area contributed by atoms with Crippen molar-refractivity contribution in [3.8, 4) is 5.75 Å². The van der Waals surface area contributed by atoms with Gasteiger partial charge in [-0.3, -0.25) is 28.8 Å². The number of phenolic OH excluding ortho intramolecular Hbond substituents is 1. The smallest absolute Gasteiger partial charge is 0.326 e. The molecule has 10 N–H and O–H groups in total. The van der Waals surface area contributed by atoms with E-state index in [1.807, 2.05) is 0 Å². The summed E-state index contributed by atoms with van der Waals surface area (Å²) in [6.45, 7) is 0.888. The van der Waals surface area contributed by atoms with Crippen LogP contribution >= 0.6 is 0 Å². The lowest BCUT2D eigenvalue weighted by Crippen LogP contribution is -2.61. The summed E-state index contributed by atoms with van der Waals surface area (Å²) in [5.41, 5.74) is 0.473. The first kappa shape index (κ1) is 37.6. The molecule has 1 aromatic carbocycles. The lowest BCUT2D eigenvalue weighted by molar-refractivity contribution is -0.147. The maximum absolute atomic E-state index is 13.6. The van der Waals surface area contributed by atoms with E-state index in [1.54, 1.807) is 0 Å². The number of amides is 5. The molecule has 1 aromatic rings. The highest BCUT2D eigenvalue weighted by atomic mass is 16.4. The number of aromatic hydroxyl groups is 1. The molecule has 48 heavy (non-hydrogen) atoms. The Morgan fingerprint density at radius 1 is 0.875 bits per heavy atom. The van der Waals surface area contributed by atoms with Crippen molar-refractivity contribution in [2.75, 3.05) is 19.7 Å². The third kappa shape index (κ3) is 10.3. The number of likely N-dealkylation sites (tertiary alicyclic amines) is 1. The second-order valence-electron chi connectivity index (χ2n) is 11.7. The number of nitrogens with zero attached hydrogens (tertiary/aromatic N) is 1. The molecule has 3 rings (SSSR count). The number of carboxylic acid groups (broad SMARTS) is 2. The summed E-state index contributed by atoms with van der Waals surface area (Å²) in [6.07, 6.45) is -0.851. The Labute approximate surface area is 275 Å². The Bertz CT molecular complexity index is 1350. The van der Waals surface area contributed by atoms with Gasteiger partial charge in [-0.05, 0) is 56.8 Å². The summed E-state index contributed by atoms with van der Waals surface area (Å²) in [5, 5.41) is 60.8. The summed E-state index contributed by atoms with van der Waals surface area (Å²) < 4.78 is 0. The van der Waals surface area contributed by atoms with Crippen molar-refractivity contribution in [2.45, 2.75) is 87.8 Å². The van der Waals surface area contributed by atoms with Gasteiger partial charge in [-0.25, -0.2) is 4.79 Å². The van der Waals surface area contributed by atoms with Crippen LogP contribution in [0.2, 0.25) is 0 Å². The molecule has 2 heterocycles. The number of nitrogens with one attached hydrogen (secondary N) is 5. The van der Waals surface area contributed by atoms with E-state index < -0.39 is 96.9 Å². The summed E-state index contributed by atoms with van der Waals surface area (Å²) in [5.74, 6) is -7.33. The first-order valence-corrected chi connectivity index (χ1v) is 15.5. The zero-order valence-corrected chi connectivity index (χ0v) is 26.3.